The summed E-state index contributed by atoms with van der Waals surface area (Å²) in [6.07, 6.45) is -2.34. The predicted molar refractivity (Wildman–Crippen MR) is 96.9 cm³/mol. The Morgan fingerprint density at radius 3 is 2.90 bits per heavy atom. The van der Waals surface area contributed by atoms with Gasteiger partial charge >= 0.3 is 6.18 Å². The van der Waals surface area contributed by atoms with Crippen molar-refractivity contribution in [1.29, 1.82) is 0 Å². The van der Waals surface area contributed by atoms with Crippen molar-refractivity contribution in [2.24, 2.45) is 0 Å². The van der Waals surface area contributed by atoms with E-state index in [1.54, 1.807) is 24.3 Å². The van der Waals surface area contributed by atoms with Crippen LogP contribution in [0.1, 0.15) is 39.4 Å². The van der Waals surface area contributed by atoms with Crippen LogP contribution in [0.25, 0.3) is 5.52 Å². The summed E-state index contributed by atoms with van der Waals surface area (Å²) in [6.45, 7) is 0.137. The minimum atomic E-state index is -4.82. The normalized spacial score (nSPS) is 16.8. The summed E-state index contributed by atoms with van der Waals surface area (Å²) in [7, 11) is 0. The molecule has 0 aliphatic carbocycles. The summed E-state index contributed by atoms with van der Waals surface area (Å²) < 4.78 is 46.1. The van der Waals surface area contributed by atoms with E-state index in [0.717, 1.165) is 5.69 Å². The van der Waals surface area contributed by atoms with E-state index in [-0.39, 0.29) is 6.54 Å². The second-order valence-electron chi connectivity index (χ2n) is 6.70. The van der Waals surface area contributed by atoms with Gasteiger partial charge in [-0.25, -0.2) is 14.5 Å². The number of H-pyrrole nitrogens is 1. The Bertz CT molecular complexity index is 1260. The first kappa shape index (κ1) is 18.7. The maximum Gasteiger partial charge on any atom is 0.437 e. The number of alkyl halides is 3. The van der Waals surface area contributed by atoms with Gasteiger partial charge in [-0.3, -0.25) is 4.79 Å². The first-order chi connectivity index (χ1) is 14.3. The number of carbonyl (C=O) groups is 1. The maximum absolute atomic E-state index is 13.3. The molecule has 4 aromatic rings. The molecule has 1 amide bonds. The minimum absolute atomic E-state index is 0.137. The van der Waals surface area contributed by atoms with Gasteiger partial charge in [-0.2, -0.15) is 18.3 Å². The number of nitrogens with zero attached hydrogens (tertiary/aromatic N) is 5. The predicted octanol–water partition coefficient (Wildman–Crippen LogP) is 3.51. The number of pyridine rings is 1. The van der Waals surface area contributed by atoms with Crippen LogP contribution in [-0.4, -0.2) is 41.9 Å². The molecule has 1 atom stereocenters. The number of fused-ring (bicyclic) bond motifs is 2. The molecule has 12 heteroatoms. The minimum Gasteiger partial charge on any atom is -0.438 e. The van der Waals surface area contributed by atoms with Crippen LogP contribution in [0.2, 0.25) is 5.15 Å². The summed E-state index contributed by atoms with van der Waals surface area (Å²) in [4.78, 5) is 24.9. The average molecular weight is 437 g/mol. The fourth-order valence-electron chi connectivity index (χ4n) is 3.66. The summed E-state index contributed by atoms with van der Waals surface area (Å²) in [5.41, 5.74) is 1.00. The molecule has 154 valence electrons. The standard InChI is InChI=1S/C18H12ClF3N6O2/c19-12-3-1-2-9-6-11(26-28(9)12)14-13-10(23-7-24-13)4-5-27(14)17(29)15-16(18(20,21)22)25-8-30-15/h1-3,6-8,14H,4-5H2,(H,23,24)/t14-/m0/s1. The smallest absolute Gasteiger partial charge is 0.437 e. The Labute approximate surface area is 171 Å². The molecule has 0 aromatic carbocycles. The number of hydrogen-bond donors (Lipinski definition) is 1. The highest BCUT2D eigenvalue weighted by molar-refractivity contribution is 6.29. The van der Waals surface area contributed by atoms with Crippen LogP contribution in [0.4, 0.5) is 13.2 Å². The Morgan fingerprint density at radius 2 is 2.13 bits per heavy atom. The number of halogens is 4. The lowest BCUT2D eigenvalue weighted by Crippen LogP contribution is -2.41. The molecular formula is C18H12ClF3N6O2. The highest BCUT2D eigenvalue weighted by atomic mass is 35.5. The van der Waals surface area contributed by atoms with Crippen LogP contribution in [0.5, 0.6) is 0 Å². The zero-order valence-corrected chi connectivity index (χ0v) is 15.8. The zero-order valence-electron chi connectivity index (χ0n) is 15.0. The fraction of sp³-hybridized carbons (Fsp3) is 0.222. The SMILES string of the molecule is O=C(c1ocnc1C(F)(F)F)N1CCc2[nH]cnc2[C@@H]1c1cc2cccc(Cl)n2n1. The monoisotopic (exact) mass is 436 g/mol. The van der Waals surface area contributed by atoms with Crippen molar-refractivity contribution in [3.8, 4) is 0 Å². The molecule has 0 spiro atoms. The number of aromatic nitrogens is 5. The lowest BCUT2D eigenvalue weighted by Gasteiger charge is -2.33. The molecule has 1 aliphatic heterocycles. The molecular weight excluding hydrogens is 425 g/mol. The third-order valence-electron chi connectivity index (χ3n) is 4.96. The molecule has 30 heavy (non-hydrogen) atoms. The van der Waals surface area contributed by atoms with E-state index in [9.17, 15) is 18.0 Å². The first-order valence-electron chi connectivity index (χ1n) is 8.82. The Kier molecular flexibility index (Phi) is 4.10. The average Bonchev–Trinajstić information content (AvgIpc) is 3.44. The van der Waals surface area contributed by atoms with E-state index in [1.807, 2.05) is 0 Å². The van der Waals surface area contributed by atoms with E-state index in [0.29, 0.717) is 34.9 Å². The van der Waals surface area contributed by atoms with Gasteiger partial charge in [-0.15, -0.1) is 0 Å². The van der Waals surface area contributed by atoms with Crippen LogP contribution in [-0.2, 0) is 12.6 Å². The second-order valence-corrected chi connectivity index (χ2v) is 7.09. The topological polar surface area (TPSA) is 92.3 Å². The molecule has 0 bridgehead atoms. The van der Waals surface area contributed by atoms with E-state index < -0.39 is 29.6 Å². The quantitative estimate of drug-likeness (QED) is 0.485. The second kappa shape index (κ2) is 6.59. The maximum atomic E-state index is 13.3. The summed E-state index contributed by atoms with van der Waals surface area (Å²) in [5.74, 6) is -1.81. The molecule has 0 saturated heterocycles. The molecule has 0 fully saturated rings. The number of hydrogen-bond acceptors (Lipinski definition) is 5. The van der Waals surface area contributed by atoms with Crippen LogP contribution >= 0.6 is 11.6 Å². The number of carbonyl (C=O) groups excluding carboxylic acids is 1. The van der Waals surface area contributed by atoms with Crippen molar-refractivity contribution >= 4 is 23.0 Å². The Morgan fingerprint density at radius 1 is 1.30 bits per heavy atom. The molecule has 0 radical (unpaired) electrons. The van der Waals surface area contributed by atoms with Gasteiger partial charge in [0, 0.05) is 18.7 Å². The molecule has 4 aromatic heterocycles. The summed E-state index contributed by atoms with van der Waals surface area (Å²) in [5, 5.41) is 4.82. The van der Waals surface area contributed by atoms with Gasteiger partial charge in [0.1, 0.15) is 11.2 Å². The van der Waals surface area contributed by atoms with Gasteiger partial charge in [0.25, 0.3) is 5.91 Å². The number of nitrogens with one attached hydrogen (secondary N) is 1. The first-order valence-corrected chi connectivity index (χ1v) is 9.20. The van der Waals surface area contributed by atoms with Gasteiger partial charge in [-0.05, 0) is 18.2 Å². The van der Waals surface area contributed by atoms with E-state index in [4.69, 9.17) is 16.0 Å². The Hall–Kier alpha value is -3.34. The van der Waals surface area contributed by atoms with Crippen LogP contribution in [0, 0.1) is 0 Å². The van der Waals surface area contributed by atoms with Gasteiger partial charge in [0.15, 0.2) is 12.1 Å². The van der Waals surface area contributed by atoms with Crippen LogP contribution in [0.3, 0.4) is 0 Å². The summed E-state index contributed by atoms with van der Waals surface area (Å²) in [6, 6.07) is 6.07. The van der Waals surface area contributed by atoms with Gasteiger partial charge in [0.05, 0.1) is 23.2 Å². The van der Waals surface area contributed by atoms with Gasteiger partial charge in [-0.1, -0.05) is 17.7 Å². The van der Waals surface area contributed by atoms with Gasteiger partial charge < -0.3 is 14.3 Å². The summed E-state index contributed by atoms with van der Waals surface area (Å²) >= 11 is 6.19. The third-order valence-corrected chi connectivity index (χ3v) is 5.24. The lowest BCUT2D eigenvalue weighted by atomic mass is 9.99. The number of amides is 1. The van der Waals surface area contributed by atoms with Crippen molar-refractivity contribution in [2.75, 3.05) is 6.54 Å². The van der Waals surface area contributed by atoms with Crippen LogP contribution < -0.4 is 0 Å². The number of imidazole rings is 1. The molecule has 1 aliphatic rings. The number of aromatic amines is 1. The largest absolute Gasteiger partial charge is 0.438 e. The lowest BCUT2D eigenvalue weighted by molar-refractivity contribution is -0.141. The van der Waals surface area contributed by atoms with Crippen molar-refractivity contribution in [2.45, 2.75) is 18.6 Å². The zero-order chi connectivity index (χ0) is 21.0. The fourth-order valence-corrected chi connectivity index (χ4v) is 3.87. The highest BCUT2D eigenvalue weighted by Gasteiger charge is 2.44. The number of rotatable bonds is 2. The third kappa shape index (κ3) is 2.84. The molecule has 8 nitrogen and oxygen atoms in total. The molecule has 0 saturated carbocycles. The van der Waals surface area contributed by atoms with E-state index in [1.165, 1.54) is 15.7 Å². The van der Waals surface area contributed by atoms with Crippen LogP contribution in [0.15, 0.2) is 41.4 Å². The molecule has 0 unspecified atom stereocenters. The van der Waals surface area contributed by atoms with Gasteiger partial charge in [0.2, 0.25) is 5.76 Å². The molecule has 1 N–H and O–H groups in total. The number of oxazole rings is 1. The van der Waals surface area contributed by atoms with Crippen molar-refractivity contribution in [3.63, 3.8) is 0 Å². The van der Waals surface area contributed by atoms with Crippen molar-refractivity contribution in [3.05, 3.63) is 70.7 Å². The van der Waals surface area contributed by atoms with Crippen molar-refractivity contribution < 1.29 is 22.4 Å². The molecule has 5 rings (SSSR count). The van der Waals surface area contributed by atoms with E-state index >= 15 is 0 Å². The highest BCUT2D eigenvalue weighted by Crippen LogP contribution is 2.37. The van der Waals surface area contributed by atoms with E-state index in [2.05, 4.69) is 20.1 Å². The van der Waals surface area contributed by atoms with Crippen molar-refractivity contribution in [1.82, 2.24) is 29.5 Å². The molecule has 5 heterocycles. The Balaban J connectivity index is 1.63.